The van der Waals surface area contributed by atoms with E-state index in [0.717, 1.165) is 43.9 Å². The van der Waals surface area contributed by atoms with Crippen molar-refractivity contribution in [2.24, 2.45) is 0 Å². The Morgan fingerprint density at radius 3 is 1.76 bits per heavy atom. The molecule has 0 aliphatic carbocycles. The molecule has 3 rings (SSSR count). The van der Waals surface area contributed by atoms with Crippen LogP contribution in [0.3, 0.4) is 0 Å². The summed E-state index contributed by atoms with van der Waals surface area (Å²) < 4.78 is 52.8. The molecule has 3 nitrogen and oxygen atoms in total. The van der Waals surface area contributed by atoms with Crippen molar-refractivity contribution in [1.29, 1.82) is 0 Å². The Morgan fingerprint density at radius 1 is 0.828 bits per heavy atom. The first kappa shape index (κ1) is 24.5. The molecular weight excluding hydrogens is 623 g/mol. The maximum atomic E-state index is 12.8. The first-order valence-electron chi connectivity index (χ1n) is 8.69. The Kier molecular flexibility index (Phi) is 8.11. The van der Waals surface area contributed by atoms with Crippen LogP contribution in [0.2, 0.25) is 0 Å². The molecule has 1 aliphatic rings. The number of hydrogen-bond donors (Lipinski definition) is 0. The van der Waals surface area contributed by atoms with Crippen LogP contribution >= 0.6 is 0 Å². The van der Waals surface area contributed by atoms with Crippen LogP contribution in [-0.2, 0) is 47.6 Å². The van der Waals surface area contributed by atoms with E-state index in [1.54, 1.807) is 12.2 Å². The van der Waals surface area contributed by atoms with Gasteiger partial charge in [-0.25, -0.2) is 4.71 Å². The molecule has 1 aliphatic heterocycles. The van der Waals surface area contributed by atoms with E-state index in [1.165, 1.54) is 12.1 Å². The molecule has 1 aromatic heterocycles. The van der Waals surface area contributed by atoms with E-state index in [1.807, 2.05) is 29.2 Å². The number of pyridine rings is 1. The molecule has 0 unspecified atom stereocenters. The largest absolute Gasteiger partial charge is 0 e. The molecule has 1 aromatic carbocycles. The van der Waals surface area contributed by atoms with Crippen molar-refractivity contribution in [2.75, 3.05) is 31.2 Å². The van der Waals surface area contributed by atoms with E-state index in [-0.39, 0.29) is 27.1 Å². The van der Waals surface area contributed by atoms with Crippen LogP contribution in [-0.4, -0.2) is 44.5 Å². The molecule has 0 bridgehead atoms. The minimum Gasteiger partial charge on any atom is 0 e. The van der Waals surface area contributed by atoms with Gasteiger partial charge in [0.15, 0.2) is 0 Å². The minimum absolute atomic E-state index is 0. The zero-order valence-corrected chi connectivity index (χ0v) is 20.0. The molecule has 11 heteroatoms. The van der Waals surface area contributed by atoms with Gasteiger partial charge < -0.3 is 30.2 Å². The third-order valence-electron chi connectivity index (χ3n) is 4.57. The summed E-state index contributed by atoms with van der Waals surface area (Å²) in [6.45, 7) is 3.30. The molecule has 0 N–H and O–H groups in total. The summed E-state index contributed by atoms with van der Waals surface area (Å²) in [5.41, 5.74) is 1.48. The molecular formula is C18H19AuF4N3S2Si-2. The van der Waals surface area contributed by atoms with Crippen LogP contribution < -0.4 is 14.9 Å². The molecule has 163 valence electrons. The Bertz CT molecular complexity index is 828. The van der Waals surface area contributed by atoms with Crippen LogP contribution in [0.1, 0.15) is 11.1 Å². The van der Waals surface area contributed by atoms with E-state index in [0.29, 0.717) is 5.56 Å². The molecule has 0 atom stereocenters. The van der Waals surface area contributed by atoms with Gasteiger partial charge in [0.25, 0.3) is 0 Å². The summed E-state index contributed by atoms with van der Waals surface area (Å²) in [4.78, 5) is 2.08. The Balaban J connectivity index is 0.00000300. The number of aromatic nitrogens is 1. The van der Waals surface area contributed by atoms with Crippen molar-refractivity contribution < 1.29 is 43.5 Å². The second kappa shape index (κ2) is 9.59. The van der Waals surface area contributed by atoms with Crippen molar-refractivity contribution >= 4 is 51.3 Å². The fourth-order valence-electron chi connectivity index (χ4n) is 2.92. The van der Waals surface area contributed by atoms with Crippen molar-refractivity contribution in [2.45, 2.75) is 4.71 Å². The summed E-state index contributed by atoms with van der Waals surface area (Å²) in [7, 11) is -7.94. The Hall–Kier alpha value is -0.753. The zero-order valence-electron chi connectivity index (χ0n) is 15.2. The van der Waals surface area contributed by atoms with Gasteiger partial charge in [-0.15, -0.1) is 0 Å². The second-order valence-corrected chi connectivity index (χ2v) is 9.95. The van der Waals surface area contributed by atoms with Gasteiger partial charge in [-0.1, -0.05) is 0 Å². The summed E-state index contributed by atoms with van der Waals surface area (Å²) in [6.07, 6.45) is 7.35. The topological polar surface area (TPSA) is 10.4 Å². The normalized spacial score (nSPS) is 17.2. The summed E-state index contributed by atoms with van der Waals surface area (Å²) in [5.74, 6) is 0. The van der Waals surface area contributed by atoms with Crippen molar-refractivity contribution in [3.63, 3.8) is 0 Å². The SMILES string of the molecule is F[Si-](F)(F)(F)c1ccc(/C=C/c2cc[n+](N3CCN(C([S-])[S-])CC3)cc2)cc1.[Au]. The fourth-order valence-corrected chi connectivity index (χ4v) is 4.01. The average Bonchev–Trinajstić information content (AvgIpc) is 2.66. The molecule has 29 heavy (non-hydrogen) atoms. The molecule has 1 saturated heterocycles. The molecule has 0 amide bonds. The van der Waals surface area contributed by atoms with E-state index < -0.39 is 13.9 Å². The average molecular weight is 643 g/mol. The van der Waals surface area contributed by atoms with Gasteiger partial charge in [-0.3, -0.25) is 0 Å². The number of benzene rings is 1. The minimum atomic E-state index is -7.94. The van der Waals surface area contributed by atoms with Crippen molar-refractivity contribution in [3.05, 3.63) is 59.9 Å². The van der Waals surface area contributed by atoms with Crippen LogP contribution in [0.5, 0.6) is 0 Å². The Labute approximate surface area is 194 Å². The number of halogens is 4. The standard InChI is InChI=1S/C18H21F4N3S2Si.Au/c19-28(20,21,22)17-5-3-15(4-6-17)1-2-16-7-9-24(10-8-16)25-13-11-23(12-14-25)18(26)27;/h1-10,18,26-27H,11-14H2;/p-2/b2-1+;. The summed E-state index contributed by atoms with van der Waals surface area (Å²) >= 11 is 10.2. The van der Waals surface area contributed by atoms with E-state index in [4.69, 9.17) is 25.3 Å². The maximum absolute atomic E-state index is 12.8. The molecule has 1 radical (unpaired) electrons. The smallest absolute Gasteiger partial charge is 0 e. The second-order valence-electron chi connectivity index (χ2n) is 6.57. The van der Waals surface area contributed by atoms with Crippen molar-refractivity contribution in [3.8, 4) is 0 Å². The van der Waals surface area contributed by atoms with Crippen LogP contribution in [0.25, 0.3) is 12.2 Å². The van der Waals surface area contributed by atoms with Crippen LogP contribution in [0.4, 0.5) is 16.4 Å². The molecule has 0 spiro atoms. The first-order chi connectivity index (χ1) is 13.1. The van der Waals surface area contributed by atoms with Crippen LogP contribution in [0, 0.1) is 0 Å². The van der Waals surface area contributed by atoms with E-state index in [2.05, 4.69) is 9.91 Å². The molecule has 0 saturated carbocycles. The van der Waals surface area contributed by atoms with Gasteiger partial charge in [0, 0.05) is 35.5 Å². The molecule has 1 fully saturated rings. The van der Waals surface area contributed by atoms with E-state index >= 15 is 0 Å². The van der Waals surface area contributed by atoms with E-state index in [9.17, 15) is 16.4 Å². The quantitative estimate of drug-likeness (QED) is 0.163. The predicted octanol–water partition coefficient (Wildman–Crippen LogP) is 2.25. The zero-order chi connectivity index (χ0) is 20.4. The summed E-state index contributed by atoms with van der Waals surface area (Å²) in [6, 6.07) is 7.96. The van der Waals surface area contributed by atoms with Gasteiger partial charge in [-0.2, -0.15) is 0 Å². The number of rotatable bonds is 5. The monoisotopic (exact) mass is 642 g/mol. The van der Waals surface area contributed by atoms with Gasteiger partial charge in [0.05, 0.1) is 0 Å². The fraction of sp³-hybridized carbons (Fsp3) is 0.278. The van der Waals surface area contributed by atoms with Gasteiger partial charge in [0.1, 0.15) is 0 Å². The van der Waals surface area contributed by atoms with Crippen molar-refractivity contribution in [1.82, 2.24) is 4.90 Å². The Morgan fingerprint density at radius 2 is 1.31 bits per heavy atom. The van der Waals surface area contributed by atoms with Gasteiger partial charge in [0.2, 0.25) is 0 Å². The van der Waals surface area contributed by atoms with Crippen LogP contribution in [0.15, 0.2) is 48.8 Å². The molecule has 2 aromatic rings. The predicted molar refractivity (Wildman–Crippen MR) is 110 cm³/mol. The third-order valence-corrected chi connectivity index (χ3v) is 6.37. The first-order valence-corrected chi connectivity index (χ1v) is 11.6. The summed E-state index contributed by atoms with van der Waals surface area (Å²) in [5, 5.41) is 1.01. The number of nitrogens with zero attached hydrogens (tertiary/aromatic N) is 3. The van der Waals surface area contributed by atoms with Gasteiger partial charge in [-0.05, 0) is 0 Å². The maximum Gasteiger partial charge on any atom is 0 e. The number of hydrogen-bond acceptors (Lipinski definition) is 4. The van der Waals surface area contributed by atoms with Gasteiger partial charge >= 0.3 is 125 Å². The number of piperazine rings is 1. The third kappa shape index (κ3) is 6.88. The molecule has 2 heterocycles.